The summed E-state index contributed by atoms with van der Waals surface area (Å²) in [6.45, 7) is 9.27. The second kappa shape index (κ2) is 9.28. The molecular formula is C30H27F3N4O. The summed E-state index contributed by atoms with van der Waals surface area (Å²) in [5.41, 5.74) is 2.12. The smallest absolute Gasteiger partial charge is 0.344 e. The summed E-state index contributed by atoms with van der Waals surface area (Å²) in [5, 5.41) is 5.84. The Hall–Kier alpha value is -4.20. The SMILES string of the molecule is Cc1c(C=Nn2c(-c3cccc(C(F)(F)F)c3)nc3ccccc3c2=O)c2ccccc2n1CC(C)(C)C. The van der Waals surface area contributed by atoms with Crippen LogP contribution in [0.5, 0.6) is 0 Å². The lowest BCUT2D eigenvalue weighted by atomic mass is 9.96. The molecule has 0 radical (unpaired) electrons. The fourth-order valence-electron chi connectivity index (χ4n) is 4.67. The maximum atomic E-state index is 13.5. The average molecular weight is 517 g/mol. The van der Waals surface area contributed by atoms with Gasteiger partial charge in [0.2, 0.25) is 0 Å². The van der Waals surface area contributed by atoms with E-state index < -0.39 is 17.3 Å². The van der Waals surface area contributed by atoms with Gasteiger partial charge in [-0.3, -0.25) is 4.79 Å². The van der Waals surface area contributed by atoms with Crippen LogP contribution >= 0.6 is 0 Å². The third kappa shape index (κ3) is 4.74. The molecule has 0 saturated carbocycles. The van der Waals surface area contributed by atoms with Crippen LogP contribution in [0.1, 0.15) is 37.6 Å². The number of hydrogen-bond donors (Lipinski definition) is 0. The van der Waals surface area contributed by atoms with E-state index in [2.05, 4.69) is 35.4 Å². The monoisotopic (exact) mass is 516 g/mol. The molecule has 0 atom stereocenters. The summed E-state index contributed by atoms with van der Waals surface area (Å²) in [6, 6.07) is 19.5. The van der Waals surface area contributed by atoms with E-state index in [4.69, 9.17) is 0 Å². The highest BCUT2D eigenvalue weighted by molar-refractivity contribution is 6.01. The minimum absolute atomic E-state index is 0.0246. The fourth-order valence-corrected chi connectivity index (χ4v) is 4.67. The van der Waals surface area contributed by atoms with Crippen LogP contribution in [-0.2, 0) is 12.7 Å². The van der Waals surface area contributed by atoms with E-state index in [0.717, 1.165) is 45.5 Å². The van der Waals surface area contributed by atoms with Gasteiger partial charge in [0.05, 0.1) is 22.7 Å². The minimum Gasteiger partial charge on any atom is -0.344 e. The van der Waals surface area contributed by atoms with Gasteiger partial charge in [-0.15, -0.1) is 0 Å². The molecule has 3 aromatic carbocycles. The van der Waals surface area contributed by atoms with Crippen molar-refractivity contribution in [3.8, 4) is 11.4 Å². The number of fused-ring (bicyclic) bond motifs is 2. The van der Waals surface area contributed by atoms with E-state index in [0.29, 0.717) is 10.9 Å². The standard InChI is InChI=1S/C30H27F3N4O/c1-19-24(22-12-6-8-15-26(22)36(19)18-29(2,3)4)17-34-37-27(20-10-9-11-21(16-20)30(31,32)33)35-25-14-7-5-13-23(25)28(37)38/h5-17H,18H2,1-4H3. The zero-order valence-electron chi connectivity index (χ0n) is 21.5. The second-order valence-electron chi connectivity index (χ2n) is 10.6. The van der Waals surface area contributed by atoms with Gasteiger partial charge in [0.25, 0.3) is 5.56 Å². The van der Waals surface area contributed by atoms with Crippen molar-refractivity contribution < 1.29 is 13.2 Å². The van der Waals surface area contributed by atoms with Gasteiger partial charge in [-0.2, -0.15) is 22.9 Å². The van der Waals surface area contributed by atoms with Crippen molar-refractivity contribution in [2.45, 2.75) is 40.4 Å². The Balaban J connectivity index is 1.73. The molecule has 8 heteroatoms. The third-order valence-electron chi connectivity index (χ3n) is 6.42. The Labute approximate surface area is 217 Å². The molecule has 5 nitrogen and oxygen atoms in total. The maximum Gasteiger partial charge on any atom is 0.416 e. The van der Waals surface area contributed by atoms with Gasteiger partial charge in [0.15, 0.2) is 5.82 Å². The molecule has 194 valence electrons. The molecule has 2 aromatic heterocycles. The quantitative estimate of drug-likeness (QED) is 0.236. The van der Waals surface area contributed by atoms with Crippen LogP contribution in [0.4, 0.5) is 13.2 Å². The summed E-state index contributed by atoms with van der Waals surface area (Å²) in [4.78, 5) is 18.1. The molecule has 0 saturated heterocycles. The maximum absolute atomic E-state index is 13.5. The van der Waals surface area contributed by atoms with Gasteiger partial charge in [0, 0.05) is 34.3 Å². The van der Waals surface area contributed by atoms with Crippen molar-refractivity contribution in [1.29, 1.82) is 0 Å². The lowest BCUT2D eigenvalue weighted by molar-refractivity contribution is -0.137. The van der Waals surface area contributed by atoms with Gasteiger partial charge in [-0.05, 0) is 42.7 Å². The lowest BCUT2D eigenvalue weighted by Crippen LogP contribution is -2.20. The van der Waals surface area contributed by atoms with Gasteiger partial charge in [-0.25, -0.2) is 4.98 Å². The summed E-state index contributed by atoms with van der Waals surface area (Å²) < 4.78 is 43.8. The van der Waals surface area contributed by atoms with E-state index in [1.54, 1.807) is 30.5 Å². The van der Waals surface area contributed by atoms with Gasteiger partial charge < -0.3 is 4.57 Å². The largest absolute Gasteiger partial charge is 0.416 e. The van der Waals surface area contributed by atoms with E-state index in [1.165, 1.54) is 12.1 Å². The predicted molar refractivity (Wildman–Crippen MR) is 146 cm³/mol. The first-order valence-electron chi connectivity index (χ1n) is 12.3. The number of hydrogen-bond acceptors (Lipinski definition) is 3. The average Bonchev–Trinajstić information content (AvgIpc) is 3.12. The van der Waals surface area contributed by atoms with Crippen LogP contribution < -0.4 is 5.56 Å². The second-order valence-corrected chi connectivity index (χ2v) is 10.6. The number of benzene rings is 3. The number of rotatable bonds is 4. The Morgan fingerprint density at radius 1 is 0.921 bits per heavy atom. The molecule has 0 fully saturated rings. The molecule has 0 aliphatic carbocycles. The highest BCUT2D eigenvalue weighted by atomic mass is 19.4. The predicted octanol–water partition coefficient (Wildman–Crippen LogP) is 7.27. The zero-order valence-corrected chi connectivity index (χ0v) is 21.5. The van der Waals surface area contributed by atoms with Crippen LogP contribution in [0.25, 0.3) is 33.2 Å². The first-order chi connectivity index (χ1) is 17.9. The number of alkyl halides is 3. The molecule has 0 aliphatic heterocycles. The van der Waals surface area contributed by atoms with E-state index in [9.17, 15) is 18.0 Å². The Bertz CT molecular complexity index is 1750. The van der Waals surface area contributed by atoms with Gasteiger partial charge in [0.1, 0.15) is 0 Å². The summed E-state index contributed by atoms with van der Waals surface area (Å²) in [5.74, 6) is 0.0344. The highest BCUT2D eigenvalue weighted by Crippen LogP contribution is 2.32. The topological polar surface area (TPSA) is 52.2 Å². The van der Waals surface area contributed by atoms with Crippen LogP contribution in [0, 0.1) is 12.3 Å². The van der Waals surface area contributed by atoms with Crippen LogP contribution in [0.3, 0.4) is 0 Å². The first kappa shape index (κ1) is 25.4. The molecule has 0 unspecified atom stereocenters. The van der Waals surface area contributed by atoms with Crippen molar-refractivity contribution in [3.05, 3.63) is 100.0 Å². The van der Waals surface area contributed by atoms with Crippen LogP contribution in [0.15, 0.2) is 82.7 Å². The molecule has 0 N–H and O–H groups in total. The molecule has 0 bridgehead atoms. The van der Waals surface area contributed by atoms with Crippen LogP contribution in [0.2, 0.25) is 0 Å². The van der Waals surface area contributed by atoms with Crippen molar-refractivity contribution >= 4 is 28.0 Å². The number of halogens is 3. The molecule has 5 aromatic rings. The molecule has 0 amide bonds. The number of aromatic nitrogens is 3. The van der Waals surface area contributed by atoms with Crippen molar-refractivity contribution in [2.75, 3.05) is 0 Å². The number of nitrogens with zero attached hydrogens (tertiary/aromatic N) is 4. The van der Waals surface area contributed by atoms with Gasteiger partial charge in [-0.1, -0.05) is 63.2 Å². The minimum atomic E-state index is -4.53. The van der Waals surface area contributed by atoms with E-state index >= 15 is 0 Å². The fraction of sp³-hybridized carbons (Fsp3) is 0.233. The zero-order chi connectivity index (χ0) is 27.2. The number of para-hydroxylation sites is 2. The summed E-state index contributed by atoms with van der Waals surface area (Å²) in [7, 11) is 0. The molecule has 5 rings (SSSR count). The summed E-state index contributed by atoms with van der Waals surface area (Å²) in [6.07, 6.45) is -2.93. The molecular weight excluding hydrogens is 489 g/mol. The Kier molecular flexibility index (Phi) is 6.21. The molecule has 2 heterocycles. The normalized spacial score (nSPS) is 12.7. The van der Waals surface area contributed by atoms with E-state index in [-0.39, 0.29) is 16.8 Å². The van der Waals surface area contributed by atoms with Crippen molar-refractivity contribution in [1.82, 2.24) is 14.2 Å². The van der Waals surface area contributed by atoms with E-state index in [1.807, 2.05) is 31.2 Å². The van der Waals surface area contributed by atoms with Crippen molar-refractivity contribution in [3.63, 3.8) is 0 Å². The lowest BCUT2D eigenvalue weighted by Gasteiger charge is -2.21. The third-order valence-corrected chi connectivity index (χ3v) is 6.42. The van der Waals surface area contributed by atoms with Crippen LogP contribution in [-0.4, -0.2) is 20.4 Å². The molecule has 38 heavy (non-hydrogen) atoms. The van der Waals surface area contributed by atoms with Gasteiger partial charge >= 0.3 is 6.18 Å². The summed E-state index contributed by atoms with van der Waals surface area (Å²) >= 11 is 0. The first-order valence-corrected chi connectivity index (χ1v) is 12.3. The molecule has 0 aliphatic rings. The van der Waals surface area contributed by atoms with Crippen molar-refractivity contribution in [2.24, 2.45) is 10.5 Å². The Morgan fingerprint density at radius 3 is 2.32 bits per heavy atom. The Morgan fingerprint density at radius 2 is 1.61 bits per heavy atom. The highest BCUT2D eigenvalue weighted by Gasteiger charge is 2.31. The molecule has 0 spiro atoms.